The quantitative estimate of drug-likeness (QED) is 0.588. The third-order valence-corrected chi connectivity index (χ3v) is 4.63. The number of nitro groups is 1. The molecule has 0 aromatic heterocycles. The molecule has 1 fully saturated rings. The predicted molar refractivity (Wildman–Crippen MR) is 67.6 cm³/mol. The molecule has 1 aliphatic heterocycles. The summed E-state index contributed by atoms with van der Waals surface area (Å²) in [7, 11) is -3.17. The van der Waals surface area contributed by atoms with Gasteiger partial charge in [-0.2, -0.15) is 0 Å². The molecular weight excluding hydrogens is 291 g/mol. The Morgan fingerprint density at radius 3 is 2.45 bits per heavy atom. The summed E-state index contributed by atoms with van der Waals surface area (Å²) < 4.78 is 35.7. The van der Waals surface area contributed by atoms with E-state index in [1.54, 1.807) is 0 Å². The highest BCUT2D eigenvalue weighted by Crippen LogP contribution is 2.22. The summed E-state index contributed by atoms with van der Waals surface area (Å²) in [6.45, 7) is -0.0936. The van der Waals surface area contributed by atoms with Crippen molar-refractivity contribution in [2.75, 3.05) is 24.6 Å². The molecule has 1 aliphatic rings. The van der Waals surface area contributed by atoms with Gasteiger partial charge in [-0.15, -0.1) is 0 Å². The van der Waals surface area contributed by atoms with E-state index in [1.807, 2.05) is 0 Å². The molecule has 1 amide bonds. The first-order valence-electron chi connectivity index (χ1n) is 5.74. The lowest BCUT2D eigenvalue weighted by molar-refractivity contribution is -0.385. The lowest BCUT2D eigenvalue weighted by atomic mass is 10.1. The molecule has 108 valence electrons. The van der Waals surface area contributed by atoms with Gasteiger partial charge in [0.05, 0.1) is 16.4 Å². The van der Waals surface area contributed by atoms with Crippen molar-refractivity contribution in [1.29, 1.82) is 0 Å². The maximum absolute atomic E-state index is 13.2. The van der Waals surface area contributed by atoms with Gasteiger partial charge >= 0.3 is 0 Å². The van der Waals surface area contributed by atoms with E-state index in [4.69, 9.17) is 0 Å². The Kier molecular flexibility index (Phi) is 3.71. The standard InChI is InChI=1S/C11H11FN2O5S/c12-8-1-2-10(14(16)17)9(7-8)11(15)13-3-5-20(18,19)6-4-13/h1-2,7H,3-6H2. The zero-order valence-electron chi connectivity index (χ0n) is 10.3. The van der Waals surface area contributed by atoms with Crippen molar-refractivity contribution in [3.05, 3.63) is 39.7 Å². The zero-order valence-corrected chi connectivity index (χ0v) is 11.1. The Labute approximate surface area is 114 Å². The molecule has 1 heterocycles. The van der Waals surface area contributed by atoms with Crippen LogP contribution in [0.15, 0.2) is 18.2 Å². The van der Waals surface area contributed by atoms with E-state index in [-0.39, 0.29) is 30.2 Å². The highest BCUT2D eigenvalue weighted by atomic mass is 32.2. The minimum absolute atomic E-state index is 0.0468. The molecule has 7 nitrogen and oxygen atoms in total. The van der Waals surface area contributed by atoms with Crippen LogP contribution in [0.4, 0.5) is 10.1 Å². The number of rotatable bonds is 2. The van der Waals surface area contributed by atoms with Crippen molar-refractivity contribution in [2.45, 2.75) is 0 Å². The lowest BCUT2D eigenvalue weighted by Crippen LogP contribution is -2.43. The molecule has 9 heteroatoms. The second-order valence-corrected chi connectivity index (χ2v) is 6.67. The first-order chi connectivity index (χ1) is 9.30. The fourth-order valence-corrected chi connectivity index (χ4v) is 3.13. The molecule has 0 N–H and O–H groups in total. The van der Waals surface area contributed by atoms with Gasteiger partial charge in [0.2, 0.25) is 0 Å². The Morgan fingerprint density at radius 2 is 1.90 bits per heavy atom. The number of sulfone groups is 1. The van der Waals surface area contributed by atoms with Crippen molar-refractivity contribution in [2.24, 2.45) is 0 Å². The molecule has 0 bridgehead atoms. The van der Waals surface area contributed by atoms with Crippen LogP contribution in [0.5, 0.6) is 0 Å². The van der Waals surface area contributed by atoms with Crippen LogP contribution in [0.25, 0.3) is 0 Å². The van der Waals surface area contributed by atoms with Crippen LogP contribution >= 0.6 is 0 Å². The molecular formula is C11H11FN2O5S. The Bertz CT molecular complexity index is 659. The molecule has 0 aliphatic carbocycles. The van der Waals surface area contributed by atoms with Gasteiger partial charge in [0.15, 0.2) is 9.84 Å². The number of benzene rings is 1. The fraction of sp³-hybridized carbons (Fsp3) is 0.364. The summed E-state index contributed by atoms with van der Waals surface area (Å²) in [5.74, 6) is -1.88. The molecule has 20 heavy (non-hydrogen) atoms. The van der Waals surface area contributed by atoms with Crippen molar-refractivity contribution < 1.29 is 22.5 Å². The van der Waals surface area contributed by atoms with Crippen LogP contribution in [0.2, 0.25) is 0 Å². The molecule has 0 atom stereocenters. The topological polar surface area (TPSA) is 97.6 Å². The van der Waals surface area contributed by atoms with E-state index in [1.165, 1.54) is 4.90 Å². The molecule has 0 unspecified atom stereocenters. The van der Waals surface area contributed by atoms with E-state index >= 15 is 0 Å². The first kappa shape index (κ1) is 14.4. The van der Waals surface area contributed by atoms with E-state index < -0.39 is 32.2 Å². The van der Waals surface area contributed by atoms with E-state index in [0.717, 1.165) is 18.2 Å². The minimum Gasteiger partial charge on any atom is -0.336 e. The fourth-order valence-electron chi connectivity index (χ4n) is 1.92. The van der Waals surface area contributed by atoms with Crippen LogP contribution in [-0.2, 0) is 9.84 Å². The van der Waals surface area contributed by atoms with Crippen LogP contribution in [-0.4, -0.2) is 48.7 Å². The monoisotopic (exact) mass is 302 g/mol. The number of carbonyl (C=O) groups is 1. The number of amides is 1. The normalized spacial score (nSPS) is 17.8. The first-order valence-corrected chi connectivity index (χ1v) is 7.56. The maximum Gasteiger partial charge on any atom is 0.282 e. The number of hydrogen-bond acceptors (Lipinski definition) is 5. The maximum atomic E-state index is 13.2. The number of nitrogens with zero attached hydrogens (tertiary/aromatic N) is 2. The summed E-state index contributed by atoms with van der Waals surface area (Å²) in [5.41, 5.74) is -0.862. The van der Waals surface area contributed by atoms with Gasteiger partial charge in [-0.3, -0.25) is 14.9 Å². The van der Waals surface area contributed by atoms with Crippen molar-refractivity contribution in [3.63, 3.8) is 0 Å². The molecule has 1 aromatic carbocycles. The molecule has 0 saturated carbocycles. The Balaban J connectivity index is 2.30. The SMILES string of the molecule is O=C(c1cc(F)ccc1[N+](=O)[O-])N1CCS(=O)(=O)CC1. The molecule has 1 saturated heterocycles. The van der Waals surface area contributed by atoms with Gasteiger partial charge in [-0.25, -0.2) is 12.8 Å². The average molecular weight is 302 g/mol. The third-order valence-electron chi connectivity index (χ3n) is 3.02. The summed E-state index contributed by atoms with van der Waals surface area (Å²) in [6, 6.07) is 2.61. The van der Waals surface area contributed by atoms with Crippen LogP contribution in [0.1, 0.15) is 10.4 Å². The number of halogens is 1. The van der Waals surface area contributed by atoms with Crippen molar-refractivity contribution >= 4 is 21.4 Å². The number of nitro benzene ring substituents is 1. The second kappa shape index (κ2) is 5.16. The van der Waals surface area contributed by atoms with Gasteiger partial charge in [-0.1, -0.05) is 0 Å². The van der Waals surface area contributed by atoms with Gasteiger partial charge in [0, 0.05) is 19.2 Å². The molecule has 1 aromatic rings. The van der Waals surface area contributed by atoms with E-state index in [2.05, 4.69) is 0 Å². The molecule has 0 spiro atoms. The predicted octanol–water partition coefficient (Wildman–Crippen LogP) is 0.605. The third kappa shape index (κ3) is 2.93. The molecule has 2 rings (SSSR count). The zero-order chi connectivity index (χ0) is 14.9. The van der Waals surface area contributed by atoms with Crippen LogP contribution < -0.4 is 0 Å². The highest BCUT2D eigenvalue weighted by Gasteiger charge is 2.29. The van der Waals surface area contributed by atoms with Crippen molar-refractivity contribution in [1.82, 2.24) is 4.90 Å². The highest BCUT2D eigenvalue weighted by molar-refractivity contribution is 7.91. The summed E-state index contributed by atoms with van der Waals surface area (Å²) in [6.07, 6.45) is 0. The largest absolute Gasteiger partial charge is 0.336 e. The second-order valence-electron chi connectivity index (χ2n) is 4.36. The smallest absolute Gasteiger partial charge is 0.282 e. The molecule has 0 radical (unpaired) electrons. The summed E-state index contributed by atoms with van der Waals surface area (Å²) in [5, 5.41) is 10.8. The van der Waals surface area contributed by atoms with Gasteiger partial charge in [0.1, 0.15) is 11.4 Å². The Morgan fingerprint density at radius 1 is 1.30 bits per heavy atom. The lowest BCUT2D eigenvalue weighted by Gasteiger charge is -2.26. The van der Waals surface area contributed by atoms with Crippen LogP contribution in [0.3, 0.4) is 0 Å². The minimum atomic E-state index is -3.17. The van der Waals surface area contributed by atoms with E-state index in [9.17, 15) is 27.7 Å². The number of hydrogen-bond donors (Lipinski definition) is 0. The summed E-state index contributed by atoms with van der Waals surface area (Å²) in [4.78, 5) is 23.4. The van der Waals surface area contributed by atoms with Crippen LogP contribution in [0, 0.1) is 15.9 Å². The average Bonchev–Trinajstić information content (AvgIpc) is 2.37. The number of carbonyl (C=O) groups excluding carboxylic acids is 1. The van der Waals surface area contributed by atoms with E-state index in [0.29, 0.717) is 0 Å². The van der Waals surface area contributed by atoms with Gasteiger partial charge in [0.25, 0.3) is 11.6 Å². The van der Waals surface area contributed by atoms with Gasteiger partial charge < -0.3 is 4.90 Å². The van der Waals surface area contributed by atoms with Crippen molar-refractivity contribution in [3.8, 4) is 0 Å². The Hall–Kier alpha value is -2.03. The van der Waals surface area contributed by atoms with Gasteiger partial charge in [-0.05, 0) is 12.1 Å². The summed E-state index contributed by atoms with van der Waals surface area (Å²) >= 11 is 0.